The average Bonchev–Trinajstić information content (AvgIpc) is 2.13. The van der Waals surface area contributed by atoms with Gasteiger partial charge in [0.25, 0.3) is 0 Å². The molecule has 1 aliphatic heterocycles. The fourth-order valence-electron chi connectivity index (χ4n) is 0.933. The van der Waals surface area contributed by atoms with Crippen molar-refractivity contribution < 1.29 is 30.3 Å². The predicted octanol–water partition coefficient (Wildman–Crippen LogP) is -3.26. The molecule has 0 aromatic heterocycles. The molecule has 1 saturated heterocycles. The number of rotatable bonds is 1. The first-order chi connectivity index (χ1) is 4.99. The van der Waals surface area contributed by atoms with Gasteiger partial charge in [-0.05, 0) is 0 Å². The first-order valence-corrected chi connectivity index (χ1v) is 3.08. The summed E-state index contributed by atoms with van der Waals surface area (Å²) in [7, 11) is 0. The fraction of sp³-hybridized carbons (Fsp3) is 1.00. The molecule has 0 aromatic rings. The molecule has 1 aliphatic rings. The van der Waals surface area contributed by atoms with Gasteiger partial charge in [-0.3, -0.25) is 0 Å². The quantitative estimate of drug-likeness (QED) is 0.261. The van der Waals surface area contributed by atoms with E-state index in [0.29, 0.717) is 0 Å². The summed E-state index contributed by atoms with van der Waals surface area (Å²) in [4.78, 5) is 0. The van der Waals surface area contributed by atoms with Crippen LogP contribution >= 0.6 is 0 Å². The third-order valence-corrected chi connectivity index (χ3v) is 1.59. The Morgan fingerprint density at radius 1 is 1.27 bits per heavy atom. The topological polar surface area (TPSA) is 110 Å². The lowest BCUT2D eigenvalue weighted by molar-refractivity contribution is -0.355. The summed E-state index contributed by atoms with van der Waals surface area (Å²) in [6.07, 6.45) is -4.44. The summed E-state index contributed by atoms with van der Waals surface area (Å²) in [5.74, 6) is -2.76. The Morgan fingerprint density at radius 3 is 2.00 bits per heavy atom. The molecule has 6 nitrogen and oxygen atoms in total. The van der Waals surface area contributed by atoms with Gasteiger partial charge in [0.1, 0.15) is 12.2 Å². The van der Waals surface area contributed by atoms with E-state index in [-0.39, 0.29) is 0 Å². The molecule has 3 unspecified atom stereocenters. The van der Waals surface area contributed by atoms with Crippen LogP contribution in [-0.4, -0.2) is 56.4 Å². The van der Waals surface area contributed by atoms with E-state index >= 15 is 0 Å². The van der Waals surface area contributed by atoms with Gasteiger partial charge >= 0.3 is 5.97 Å². The Balaban J connectivity index is 2.69. The molecule has 0 radical (unpaired) electrons. The van der Waals surface area contributed by atoms with Crippen molar-refractivity contribution in [1.82, 2.24) is 0 Å². The van der Waals surface area contributed by atoms with Gasteiger partial charge in [0.15, 0.2) is 6.10 Å². The van der Waals surface area contributed by atoms with E-state index in [1.165, 1.54) is 0 Å². The molecule has 0 spiro atoms. The maximum atomic E-state index is 8.94. The summed E-state index contributed by atoms with van der Waals surface area (Å²) >= 11 is 0. The zero-order valence-corrected chi connectivity index (χ0v) is 5.58. The second-order valence-electron chi connectivity index (χ2n) is 2.43. The summed E-state index contributed by atoms with van der Waals surface area (Å²) in [5, 5.41) is 43.7. The number of aliphatic hydroxyl groups is 5. The van der Waals surface area contributed by atoms with Crippen molar-refractivity contribution in [3.8, 4) is 0 Å². The van der Waals surface area contributed by atoms with E-state index in [2.05, 4.69) is 4.74 Å². The van der Waals surface area contributed by atoms with Gasteiger partial charge in [-0.15, -0.1) is 0 Å². The highest BCUT2D eigenvalue weighted by Gasteiger charge is 2.52. The van der Waals surface area contributed by atoms with Gasteiger partial charge < -0.3 is 30.3 Å². The minimum Gasteiger partial charge on any atom is -0.394 e. The van der Waals surface area contributed by atoms with Gasteiger partial charge in [-0.25, -0.2) is 0 Å². The number of hydrogen-bond donors (Lipinski definition) is 5. The number of aliphatic hydroxyl groups excluding tert-OH is 3. The minimum atomic E-state index is -2.76. The Kier molecular flexibility index (Phi) is 2.15. The first-order valence-electron chi connectivity index (χ1n) is 3.08. The molecule has 1 heterocycles. The van der Waals surface area contributed by atoms with Crippen molar-refractivity contribution in [3.63, 3.8) is 0 Å². The monoisotopic (exact) mass is 166 g/mol. The van der Waals surface area contributed by atoms with E-state index in [0.717, 1.165) is 0 Å². The van der Waals surface area contributed by atoms with Crippen LogP contribution in [0.5, 0.6) is 0 Å². The van der Waals surface area contributed by atoms with Crippen LogP contribution < -0.4 is 0 Å². The molecule has 0 amide bonds. The molecule has 0 saturated carbocycles. The van der Waals surface area contributed by atoms with Crippen LogP contribution in [0.15, 0.2) is 0 Å². The van der Waals surface area contributed by atoms with Crippen LogP contribution in [0.3, 0.4) is 0 Å². The van der Waals surface area contributed by atoms with Gasteiger partial charge in [0.2, 0.25) is 0 Å². The molecule has 1 fully saturated rings. The molecule has 11 heavy (non-hydrogen) atoms. The standard InChI is InChI=1S/C5H10O6/c6-1-2-3(7)4(8)5(9,10)11-2/h2-4,6-10H,1H2. The van der Waals surface area contributed by atoms with Crippen molar-refractivity contribution in [2.75, 3.05) is 6.61 Å². The van der Waals surface area contributed by atoms with E-state index < -0.39 is 30.9 Å². The lowest BCUT2D eigenvalue weighted by Crippen LogP contribution is -2.42. The normalized spacial score (nSPS) is 42.8. The van der Waals surface area contributed by atoms with Gasteiger partial charge in [0, 0.05) is 0 Å². The summed E-state index contributed by atoms with van der Waals surface area (Å²) < 4.78 is 4.28. The largest absolute Gasteiger partial charge is 0.394 e. The molecular formula is C5H10O6. The molecule has 5 N–H and O–H groups in total. The average molecular weight is 166 g/mol. The highest BCUT2D eigenvalue weighted by Crippen LogP contribution is 2.26. The van der Waals surface area contributed by atoms with Crippen LogP contribution in [0.2, 0.25) is 0 Å². The van der Waals surface area contributed by atoms with Crippen molar-refractivity contribution in [2.24, 2.45) is 0 Å². The van der Waals surface area contributed by atoms with E-state index in [1.807, 2.05) is 0 Å². The second kappa shape index (κ2) is 2.67. The maximum absolute atomic E-state index is 8.94. The Morgan fingerprint density at radius 2 is 1.82 bits per heavy atom. The highest BCUT2D eigenvalue weighted by molar-refractivity contribution is 4.88. The van der Waals surface area contributed by atoms with Gasteiger partial charge in [0.05, 0.1) is 6.61 Å². The van der Waals surface area contributed by atoms with E-state index in [4.69, 9.17) is 25.5 Å². The molecular weight excluding hydrogens is 156 g/mol. The van der Waals surface area contributed by atoms with Crippen LogP contribution in [0.1, 0.15) is 0 Å². The summed E-state index contributed by atoms with van der Waals surface area (Å²) in [5.41, 5.74) is 0. The minimum absolute atomic E-state index is 0.582. The van der Waals surface area contributed by atoms with Crippen LogP contribution in [0, 0.1) is 0 Å². The highest BCUT2D eigenvalue weighted by atomic mass is 16.8. The summed E-state index contributed by atoms with van der Waals surface area (Å²) in [6.45, 7) is -0.582. The molecule has 0 aromatic carbocycles. The molecule has 6 heteroatoms. The Bertz CT molecular complexity index is 146. The lowest BCUT2D eigenvalue weighted by Gasteiger charge is -2.17. The zero-order chi connectivity index (χ0) is 8.65. The maximum Gasteiger partial charge on any atom is 0.308 e. The Labute approximate surface area is 62.3 Å². The molecule has 3 atom stereocenters. The Hall–Kier alpha value is -0.240. The van der Waals surface area contributed by atoms with Crippen molar-refractivity contribution in [1.29, 1.82) is 0 Å². The van der Waals surface area contributed by atoms with E-state index in [9.17, 15) is 0 Å². The third-order valence-electron chi connectivity index (χ3n) is 1.59. The third kappa shape index (κ3) is 1.36. The van der Waals surface area contributed by atoms with Gasteiger partial charge in [-0.1, -0.05) is 0 Å². The smallest absolute Gasteiger partial charge is 0.308 e. The predicted molar refractivity (Wildman–Crippen MR) is 31.1 cm³/mol. The molecule has 1 rings (SSSR count). The number of hydrogen-bond acceptors (Lipinski definition) is 6. The molecule has 0 bridgehead atoms. The van der Waals surface area contributed by atoms with Gasteiger partial charge in [-0.2, -0.15) is 0 Å². The summed E-state index contributed by atoms with van der Waals surface area (Å²) in [6, 6.07) is 0. The fourth-order valence-corrected chi connectivity index (χ4v) is 0.933. The zero-order valence-electron chi connectivity index (χ0n) is 5.58. The van der Waals surface area contributed by atoms with Crippen molar-refractivity contribution in [3.05, 3.63) is 0 Å². The first kappa shape index (κ1) is 8.85. The van der Waals surface area contributed by atoms with E-state index in [1.54, 1.807) is 0 Å². The lowest BCUT2D eigenvalue weighted by atomic mass is 10.1. The van der Waals surface area contributed by atoms with Crippen LogP contribution in [0.4, 0.5) is 0 Å². The van der Waals surface area contributed by atoms with Crippen molar-refractivity contribution >= 4 is 0 Å². The number of ether oxygens (including phenoxy) is 1. The second-order valence-corrected chi connectivity index (χ2v) is 2.43. The molecule has 66 valence electrons. The van der Waals surface area contributed by atoms with Crippen molar-refractivity contribution in [2.45, 2.75) is 24.3 Å². The van der Waals surface area contributed by atoms with Crippen LogP contribution in [0.25, 0.3) is 0 Å². The van der Waals surface area contributed by atoms with Crippen LogP contribution in [-0.2, 0) is 4.74 Å². The SMILES string of the molecule is OCC1OC(O)(O)C(O)C1O. The molecule has 0 aliphatic carbocycles.